The molecule has 0 fully saturated rings. The van der Waals surface area contributed by atoms with Crippen molar-refractivity contribution >= 4 is 28.2 Å². The zero-order valence-electron chi connectivity index (χ0n) is 6.36. The standard InChI is InChI=1S/C7H6IN3O/c1-12-7-3-2-6-9-4-5(8)11(6)10-7/h2-4H,1H3. The van der Waals surface area contributed by atoms with Crippen LogP contribution in [0, 0.1) is 3.70 Å². The highest BCUT2D eigenvalue weighted by Gasteiger charge is 2.01. The molecule has 0 saturated carbocycles. The maximum Gasteiger partial charge on any atom is 0.231 e. The number of fused-ring (bicyclic) bond motifs is 1. The van der Waals surface area contributed by atoms with Crippen molar-refractivity contribution in [3.05, 3.63) is 22.0 Å². The van der Waals surface area contributed by atoms with Gasteiger partial charge in [-0.05, 0) is 28.7 Å². The highest BCUT2D eigenvalue weighted by Crippen LogP contribution is 2.11. The second-order valence-corrected chi connectivity index (χ2v) is 3.33. The Balaban J connectivity index is 2.71. The van der Waals surface area contributed by atoms with Crippen LogP contribution in [0.1, 0.15) is 0 Å². The molecule has 0 spiro atoms. The summed E-state index contributed by atoms with van der Waals surface area (Å²) in [5.41, 5.74) is 0.834. The van der Waals surface area contributed by atoms with Gasteiger partial charge in [-0.15, -0.1) is 5.10 Å². The summed E-state index contributed by atoms with van der Waals surface area (Å²) < 4.78 is 7.69. The minimum atomic E-state index is 0.596. The molecule has 0 radical (unpaired) electrons. The Hall–Kier alpha value is -0.850. The fourth-order valence-corrected chi connectivity index (χ4v) is 1.43. The summed E-state index contributed by atoms with van der Waals surface area (Å²) >= 11 is 2.17. The van der Waals surface area contributed by atoms with E-state index in [0.29, 0.717) is 5.88 Å². The second kappa shape index (κ2) is 2.89. The zero-order valence-corrected chi connectivity index (χ0v) is 8.52. The molecule has 4 nitrogen and oxygen atoms in total. The maximum atomic E-state index is 4.98. The molecule has 0 amide bonds. The smallest absolute Gasteiger partial charge is 0.231 e. The maximum absolute atomic E-state index is 4.98. The molecule has 12 heavy (non-hydrogen) atoms. The quantitative estimate of drug-likeness (QED) is 0.737. The Morgan fingerprint density at radius 2 is 2.33 bits per heavy atom. The van der Waals surface area contributed by atoms with Crippen molar-refractivity contribution in [2.24, 2.45) is 0 Å². The van der Waals surface area contributed by atoms with E-state index in [-0.39, 0.29) is 0 Å². The minimum absolute atomic E-state index is 0.596. The molecule has 2 heterocycles. The van der Waals surface area contributed by atoms with Crippen molar-refractivity contribution in [2.45, 2.75) is 0 Å². The summed E-state index contributed by atoms with van der Waals surface area (Å²) in [7, 11) is 1.60. The van der Waals surface area contributed by atoms with Crippen molar-refractivity contribution in [3.8, 4) is 5.88 Å². The molecule has 0 aliphatic heterocycles. The first kappa shape index (κ1) is 7.78. The third-order valence-electron chi connectivity index (χ3n) is 1.51. The molecule has 0 unspecified atom stereocenters. The molecule has 0 aliphatic carbocycles. The van der Waals surface area contributed by atoms with Crippen LogP contribution < -0.4 is 4.74 Å². The van der Waals surface area contributed by atoms with Gasteiger partial charge in [-0.2, -0.15) is 0 Å². The van der Waals surface area contributed by atoms with E-state index in [9.17, 15) is 0 Å². The van der Waals surface area contributed by atoms with Crippen LogP contribution in [0.15, 0.2) is 18.3 Å². The fourth-order valence-electron chi connectivity index (χ4n) is 0.937. The average Bonchev–Trinajstić information content (AvgIpc) is 2.47. The predicted octanol–water partition coefficient (Wildman–Crippen LogP) is 1.34. The summed E-state index contributed by atoms with van der Waals surface area (Å²) in [6, 6.07) is 3.66. The van der Waals surface area contributed by atoms with Gasteiger partial charge in [0.2, 0.25) is 5.88 Å². The Labute approximate surface area is 82.7 Å². The van der Waals surface area contributed by atoms with E-state index in [0.717, 1.165) is 9.35 Å². The van der Waals surface area contributed by atoms with E-state index in [2.05, 4.69) is 32.7 Å². The Morgan fingerprint density at radius 1 is 1.50 bits per heavy atom. The van der Waals surface area contributed by atoms with E-state index in [1.165, 1.54) is 0 Å². The van der Waals surface area contributed by atoms with Gasteiger partial charge in [0.15, 0.2) is 5.65 Å². The number of hydrogen-bond donors (Lipinski definition) is 0. The molecule has 0 saturated heterocycles. The van der Waals surface area contributed by atoms with Gasteiger partial charge in [0.05, 0.1) is 13.3 Å². The van der Waals surface area contributed by atoms with Crippen LogP contribution >= 0.6 is 22.6 Å². The van der Waals surface area contributed by atoms with Crippen LogP contribution in [0.3, 0.4) is 0 Å². The molecule has 0 aromatic carbocycles. The van der Waals surface area contributed by atoms with Crippen molar-refractivity contribution < 1.29 is 4.74 Å². The van der Waals surface area contributed by atoms with E-state index < -0.39 is 0 Å². The molecule has 2 rings (SSSR count). The van der Waals surface area contributed by atoms with Crippen molar-refractivity contribution in [1.82, 2.24) is 14.6 Å². The minimum Gasteiger partial charge on any atom is -0.480 e. The van der Waals surface area contributed by atoms with Crippen molar-refractivity contribution in [1.29, 1.82) is 0 Å². The highest BCUT2D eigenvalue weighted by molar-refractivity contribution is 14.1. The Kier molecular flexibility index (Phi) is 1.87. The topological polar surface area (TPSA) is 39.4 Å². The van der Waals surface area contributed by atoms with Crippen LogP contribution in [0.25, 0.3) is 5.65 Å². The zero-order chi connectivity index (χ0) is 8.55. The molecule has 5 heteroatoms. The van der Waals surface area contributed by atoms with Gasteiger partial charge in [0.1, 0.15) is 3.70 Å². The van der Waals surface area contributed by atoms with Gasteiger partial charge >= 0.3 is 0 Å². The first-order valence-corrected chi connectivity index (χ1v) is 4.43. The van der Waals surface area contributed by atoms with Gasteiger partial charge in [-0.3, -0.25) is 0 Å². The first-order valence-electron chi connectivity index (χ1n) is 3.35. The van der Waals surface area contributed by atoms with Gasteiger partial charge < -0.3 is 4.74 Å². The first-order chi connectivity index (χ1) is 5.81. The summed E-state index contributed by atoms with van der Waals surface area (Å²) in [4.78, 5) is 4.13. The molecule has 62 valence electrons. The summed E-state index contributed by atoms with van der Waals surface area (Å²) in [6.45, 7) is 0. The lowest BCUT2D eigenvalue weighted by Crippen LogP contribution is -1.96. The Bertz CT molecular complexity index is 412. The third kappa shape index (κ3) is 1.13. The number of imidazole rings is 1. The van der Waals surface area contributed by atoms with Crippen molar-refractivity contribution in [3.63, 3.8) is 0 Å². The molecule has 2 aromatic rings. The van der Waals surface area contributed by atoms with Crippen LogP contribution in [-0.2, 0) is 0 Å². The lowest BCUT2D eigenvalue weighted by atomic mass is 10.5. The molecule has 2 aromatic heterocycles. The number of nitrogens with zero attached hydrogens (tertiary/aromatic N) is 3. The van der Waals surface area contributed by atoms with E-state index in [4.69, 9.17) is 4.74 Å². The fraction of sp³-hybridized carbons (Fsp3) is 0.143. The van der Waals surface area contributed by atoms with Crippen molar-refractivity contribution in [2.75, 3.05) is 7.11 Å². The second-order valence-electron chi connectivity index (χ2n) is 2.23. The lowest BCUT2D eigenvalue weighted by molar-refractivity contribution is 0.389. The summed E-state index contributed by atoms with van der Waals surface area (Å²) in [5.74, 6) is 0.596. The average molecular weight is 275 g/mol. The summed E-state index contributed by atoms with van der Waals surface area (Å²) in [6.07, 6.45) is 1.77. The van der Waals surface area contributed by atoms with Crippen LogP contribution in [0.5, 0.6) is 5.88 Å². The van der Waals surface area contributed by atoms with E-state index in [1.54, 1.807) is 23.9 Å². The van der Waals surface area contributed by atoms with Gasteiger partial charge in [0.25, 0.3) is 0 Å². The number of halogens is 1. The highest BCUT2D eigenvalue weighted by atomic mass is 127. The predicted molar refractivity (Wildman–Crippen MR) is 52.3 cm³/mol. The van der Waals surface area contributed by atoms with Gasteiger partial charge in [0, 0.05) is 6.07 Å². The SMILES string of the molecule is COc1ccc2ncc(I)n2n1. The molecular formula is C7H6IN3O. The number of methoxy groups -OCH3 is 1. The van der Waals surface area contributed by atoms with Gasteiger partial charge in [-0.1, -0.05) is 0 Å². The number of hydrogen-bond acceptors (Lipinski definition) is 3. The molecule has 0 atom stereocenters. The molecule has 0 N–H and O–H groups in total. The summed E-state index contributed by atoms with van der Waals surface area (Å²) in [5, 5.41) is 4.18. The van der Waals surface area contributed by atoms with E-state index >= 15 is 0 Å². The molecule has 0 bridgehead atoms. The lowest BCUT2D eigenvalue weighted by Gasteiger charge is -1.98. The largest absolute Gasteiger partial charge is 0.480 e. The normalized spacial score (nSPS) is 10.5. The van der Waals surface area contributed by atoms with Crippen LogP contribution in [0.4, 0.5) is 0 Å². The third-order valence-corrected chi connectivity index (χ3v) is 2.24. The molecule has 0 aliphatic rings. The molecular weight excluding hydrogens is 269 g/mol. The Morgan fingerprint density at radius 3 is 3.08 bits per heavy atom. The van der Waals surface area contributed by atoms with E-state index in [1.807, 2.05) is 6.07 Å². The van der Waals surface area contributed by atoms with Crippen LogP contribution in [0.2, 0.25) is 0 Å². The van der Waals surface area contributed by atoms with Crippen LogP contribution in [-0.4, -0.2) is 21.7 Å². The number of rotatable bonds is 1. The number of aromatic nitrogens is 3. The monoisotopic (exact) mass is 275 g/mol. The van der Waals surface area contributed by atoms with Gasteiger partial charge in [-0.25, -0.2) is 9.50 Å². The number of ether oxygens (including phenoxy) is 1.